The quantitative estimate of drug-likeness (QED) is 0.925. The van der Waals surface area contributed by atoms with Gasteiger partial charge in [0.25, 0.3) is 0 Å². The molecule has 0 bridgehead atoms. The first kappa shape index (κ1) is 12.7. The van der Waals surface area contributed by atoms with Crippen molar-refractivity contribution in [3.63, 3.8) is 0 Å². The average molecular weight is 274 g/mol. The van der Waals surface area contributed by atoms with Gasteiger partial charge in [-0.1, -0.05) is 0 Å². The van der Waals surface area contributed by atoms with Crippen LogP contribution in [0.2, 0.25) is 0 Å². The topological polar surface area (TPSA) is 34.2 Å². The van der Waals surface area contributed by atoms with Crippen LogP contribution in [-0.2, 0) is 0 Å². The number of hydrogen-bond donors (Lipinski definition) is 1. The third-order valence-corrected chi connectivity index (χ3v) is 2.96. The molecule has 0 saturated heterocycles. The van der Waals surface area contributed by atoms with Gasteiger partial charge in [-0.25, -0.2) is 4.98 Å². The first-order valence-electron chi connectivity index (χ1n) is 4.97. The molecule has 0 spiro atoms. The lowest BCUT2D eigenvalue weighted by molar-refractivity contribution is -0.274. The summed E-state index contributed by atoms with van der Waals surface area (Å²) in [6, 6.07) is 5.60. The van der Waals surface area contributed by atoms with E-state index in [0.717, 1.165) is 10.7 Å². The van der Waals surface area contributed by atoms with Crippen LogP contribution in [0.1, 0.15) is 0 Å². The lowest BCUT2D eigenvalue weighted by atomic mass is 10.2. The van der Waals surface area contributed by atoms with Crippen LogP contribution in [0.3, 0.4) is 0 Å². The molecule has 1 aromatic carbocycles. The zero-order valence-electron chi connectivity index (χ0n) is 9.28. The molecule has 0 amide bonds. The summed E-state index contributed by atoms with van der Waals surface area (Å²) in [6.45, 7) is 0. The molecular weight excluding hydrogens is 265 g/mol. The molecule has 7 heteroatoms. The monoisotopic (exact) mass is 274 g/mol. The highest BCUT2D eigenvalue weighted by Crippen LogP contribution is 2.28. The van der Waals surface area contributed by atoms with Crippen molar-refractivity contribution in [3.8, 4) is 17.0 Å². The summed E-state index contributed by atoms with van der Waals surface area (Å²) in [5.74, 6) is -0.240. The maximum absolute atomic E-state index is 12.0. The van der Waals surface area contributed by atoms with Crippen molar-refractivity contribution in [1.29, 1.82) is 0 Å². The first-order valence-corrected chi connectivity index (χ1v) is 5.85. The largest absolute Gasteiger partial charge is 0.573 e. The maximum Gasteiger partial charge on any atom is 0.573 e. The summed E-state index contributed by atoms with van der Waals surface area (Å²) in [5.41, 5.74) is 1.45. The van der Waals surface area contributed by atoms with Crippen molar-refractivity contribution < 1.29 is 17.9 Å². The second-order valence-corrected chi connectivity index (χ2v) is 4.22. The van der Waals surface area contributed by atoms with Gasteiger partial charge in [-0.05, 0) is 24.3 Å². The average Bonchev–Trinajstić information content (AvgIpc) is 2.76. The number of alkyl halides is 3. The van der Waals surface area contributed by atoms with E-state index >= 15 is 0 Å². The van der Waals surface area contributed by atoms with E-state index in [-0.39, 0.29) is 5.75 Å². The highest BCUT2D eigenvalue weighted by molar-refractivity contribution is 7.14. The Morgan fingerprint density at radius 3 is 2.39 bits per heavy atom. The SMILES string of the molecule is CNc1nc(-c2ccc(OC(F)(F)F)cc2)cs1. The summed E-state index contributed by atoms with van der Waals surface area (Å²) >= 11 is 1.43. The van der Waals surface area contributed by atoms with Crippen LogP contribution < -0.4 is 10.1 Å². The standard InChI is InChI=1S/C11H9F3N2OS/c1-15-10-16-9(6-18-10)7-2-4-8(5-3-7)17-11(12,13)14/h2-6H,1H3,(H,15,16). The number of benzene rings is 1. The molecule has 1 aromatic heterocycles. The number of hydrogen-bond acceptors (Lipinski definition) is 4. The Hall–Kier alpha value is -1.76. The zero-order chi connectivity index (χ0) is 13.2. The smallest absolute Gasteiger partial charge is 0.406 e. The molecular formula is C11H9F3N2OS. The van der Waals surface area contributed by atoms with E-state index in [2.05, 4.69) is 15.0 Å². The molecule has 0 saturated carbocycles. The lowest BCUT2D eigenvalue weighted by Crippen LogP contribution is -2.16. The number of aromatic nitrogens is 1. The summed E-state index contributed by atoms with van der Waals surface area (Å²) in [7, 11) is 1.75. The Bertz CT molecular complexity index is 522. The Morgan fingerprint density at radius 1 is 1.22 bits per heavy atom. The van der Waals surface area contributed by atoms with Crippen molar-refractivity contribution in [1.82, 2.24) is 4.98 Å². The van der Waals surface area contributed by atoms with Gasteiger partial charge in [0.2, 0.25) is 0 Å². The van der Waals surface area contributed by atoms with Crippen LogP contribution in [0.15, 0.2) is 29.6 Å². The molecule has 0 aliphatic heterocycles. The minimum absolute atomic E-state index is 0.240. The third-order valence-electron chi connectivity index (χ3n) is 2.10. The summed E-state index contributed by atoms with van der Waals surface area (Å²) < 4.78 is 39.7. The highest BCUT2D eigenvalue weighted by atomic mass is 32.1. The van der Waals surface area contributed by atoms with E-state index < -0.39 is 6.36 Å². The van der Waals surface area contributed by atoms with Crippen LogP contribution in [0.25, 0.3) is 11.3 Å². The molecule has 1 N–H and O–H groups in total. The van der Waals surface area contributed by atoms with E-state index in [0.29, 0.717) is 5.69 Å². The Balaban J connectivity index is 2.17. The van der Waals surface area contributed by atoms with Gasteiger partial charge in [0.15, 0.2) is 5.13 Å². The summed E-state index contributed by atoms with van der Waals surface area (Å²) in [4.78, 5) is 4.25. The number of rotatable bonds is 3. The summed E-state index contributed by atoms with van der Waals surface area (Å²) in [5, 5.41) is 5.47. The molecule has 0 aliphatic carbocycles. The number of nitrogens with one attached hydrogen (secondary N) is 1. The maximum atomic E-state index is 12.0. The van der Waals surface area contributed by atoms with Gasteiger partial charge in [0, 0.05) is 18.0 Å². The third kappa shape index (κ3) is 3.13. The van der Waals surface area contributed by atoms with Gasteiger partial charge in [0.1, 0.15) is 5.75 Å². The van der Waals surface area contributed by atoms with Gasteiger partial charge in [0.05, 0.1) is 5.69 Å². The molecule has 0 atom stereocenters. The Labute approximate surface area is 105 Å². The fourth-order valence-corrected chi connectivity index (χ4v) is 2.03. The van der Waals surface area contributed by atoms with Gasteiger partial charge in [-0.15, -0.1) is 24.5 Å². The van der Waals surface area contributed by atoms with Crippen LogP contribution in [0, 0.1) is 0 Å². The minimum atomic E-state index is -4.67. The minimum Gasteiger partial charge on any atom is -0.406 e. The normalized spacial score (nSPS) is 11.3. The molecule has 0 fully saturated rings. The molecule has 0 radical (unpaired) electrons. The van der Waals surface area contributed by atoms with E-state index in [4.69, 9.17) is 0 Å². The Morgan fingerprint density at radius 2 is 1.89 bits per heavy atom. The van der Waals surface area contributed by atoms with E-state index in [1.807, 2.05) is 5.38 Å². The van der Waals surface area contributed by atoms with E-state index in [1.165, 1.54) is 35.6 Å². The molecule has 1 heterocycles. The van der Waals surface area contributed by atoms with Crippen molar-refractivity contribution in [2.75, 3.05) is 12.4 Å². The van der Waals surface area contributed by atoms with Crippen molar-refractivity contribution >= 4 is 16.5 Å². The van der Waals surface area contributed by atoms with Gasteiger partial charge in [-0.3, -0.25) is 0 Å². The molecule has 18 heavy (non-hydrogen) atoms. The molecule has 96 valence electrons. The molecule has 0 aliphatic rings. The van der Waals surface area contributed by atoms with Crippen molar-refractivity contribution in [3.05, 3.63) is 29.6 Å². The zero-order valence-corrected chi connectivity index (χ0v) is 10.1. The molecule has 2 rings (SSSR count). The van der Waals surface area contributed by atoms with Crippen molar-refractivity contribution in [2.45, 2.75) is 6.36 Å². The second kappa shape index (κ2) is 4.85. The van der Waals surface area contributed by atoms with Gasteiger partial charge < -0.3 is 10.1 Å². The predicted molar refractivity (Wildman–Crippen MR) is 63.8 cm³/mol. The van der Waals surface area contributed by atoms with Gasteiger partial charge in [-0.2, -0.15) is 0 Å². The highest BCUT2D eigenvalue weighted by Gasteiger charge is 2.30. The van der Waals surface area contributed by atoms with Crippen molar-refractivity contribution in [2.24, 2.45) is 0 Å². The lowest BCUT2D eigenvalue weighted by Gasteiger charge is -2.08. The summed E-state index contributed by atoms with van der Waals surface area (Å²) in [6.07, 6.45) is -4.67. The number of nitrogens with zero attached hydrogens (tertiary/aromatic N) is 1. The van der Waals surface area contributed by atoms with Gasteiger partial charge >= 0.3 is 6.36 Å². The number of ether oxygens (including phenoxy) is 1. The fourth-order valence-electron chi connectivity index (χ4n) is 1.35. The second-order valence-electron chi connectivity index (χ2n) is 3.36. The predicted octanol–water partition coefficient (Wildman–Crippen LogP) is 3.75. The fraction of sp³-hybridized carbons (Fsp3) is 0.182. The molecule has 3 nitrogen and oxygen atoms in total. The Kier molecular flexibility index (Phi) is 3.42. The number of anilines is 1. The van der Waals surface area contributed by atoms with Crippen LogP contribution in [0.5, 0.6) is 5.75 Å². The van der Waals surface area contributed by atoms with E-state index in [1.54, 1.807) is 7.05 Å². The van der Waals surface area contributed by atoms with Crippen LogP contribution >= 0.6 is 11.3 Å². The van der Waals surface area contributed by atoms with E-state index in [9.17, 15) is 13.2 Å². The molecule has 2 aromatic rings. The van der Waals surface area contributed by atoms with Crippen LogP contribution in [0.4, 0.5) is 18.3 Å². The molecule has 0 unspecified atom stereocenters. The number of thiazole rings is 1. The van der Waals surface area contributed by atoms with Crippen LogP contribution in [-0.4, -0.2) is 18.4 Å². The number of halogens is 3. The first-order chi connectivity index (χ1) is 8.48.